The van der Waals surface area contributed by atoms with E-state index in [-0.39, 0.29) is 0 Å². The van der Waals surface area contributed by atoms with Crippen molar-refractivity contribution in [2.24, 2.45) is 0 Å². The van der Waals surface area contributed by atoms with Gasteiger partial charge in [-0.1, -0.05) is 56.7 Å². The van der Waals surface area contributed by atoms with E-state index in [0.29, 0.717) is 0 Å². The molecule has 0 unspecified atom stereocenters. The van der Waals surface area contributed by atoms with Gasteiger partial charge in [-0.05, 0) is 56.0 Å². The van der Waals surface area contributed by atoms with E-state index >= 15 is 0 Å². The molecule has 2 nitrogen and oxygen atoms in total. The van der Waals surface area contributed by atoms with Crippen molar-refractivity contribution in [3.05, 3.63) is 66.3 Å². The van der Waals surface area contributed by atoms with Gasteiger partial charge in [0.05, 0.1) is 5.69 Å². The van der Waals surface area contributed by atoms with Crippen LogP contribution < -0.4 is 0 Å². The molecule has 0 aromatic carbocycles. The van der Waals surface area contributed by atoms with Gasteiger partial charge in [0.25, 0.3) is 0 Å². The van der Waals surface area contributed by atoms with Crippen LogP contribution in [0.5, 0.6) is 0 Å². The molecule has 0 atom stereocenters. The lowest BCUT2D eigenvalue weighted by Gasteiger charge is -2.02. The Kier molecular flexibility index (Phi) is 9.54. The van der Waals surface area contributed by atoms with Gasteiger partial charge in [-0.2, -0.15) is 0 Å². The lowest BCUT2D eigenvalue weighted by molar-refractivity contribution is 0.568. The average Bonchev–Trinajstić information content (AvgIpc) is 2.64. The lowest BCUT2D eigenvalue weighted by Crippen LogP contribution is -1.89. The second-order valence-electron chi connectivity index (χ2n) is 6.35. The van der Waals surface area contributed by atoms with Crippen molar-refractivity contribution < 1.29 is 0 Å². The fourth-order valence-corrected chi connectivity index (χ4v) is 2.85. The van der Waals surface area contributed by atoms with Crippen molar-refractivity contribution in [1.29, 1.82) is 0 Å². The number of hydrogen-bond acceptors (Lipinski definition) is 2. The molecule has 0 saturated heterocycles. The van der Waals surface area contributed by atoms with Crippen LogP contribution in [0.3, 0.4) is 0 Å². The van der Waals surface area contributed by atoms with Crippen molar-refractivity contribution in [2.75, 3.05) is 0 Å². The number of hydrogen-bond donors (Lipinski definition) is 0. The van der Waals surface area contributed by atoms with Crippen LogP contribution in [0.4, 0.5) is 0 Å². The zero-order valence-electron chi connectivity index (χ0n) is 14.7. The maximum absolute atomic E-state index is 4.37. The maximum atomic E-state index is 4.37. The molecule has 2 heteroatoms. The lowest BCUT2D eigenvalue weighted by atomic mass is 10.1. The first-order valence-electron chi connectivity index (χ1n) is 9.42. The Morgan fingerprint density at radius 1 is 0.667 bits per heavy atom. The highest BCUT2D eigenvalue weighted by molar-refractivity contribution is 5.43. The fraction of sp³-hybridized carbons (Fsp3) is 0.455. The highest BCUT2D eigenvalue weighted by Gasteiger charge is 1.95. The van der Waals surface area contributed by atoms with Gasteiger partial charge in [-0.25, -0.2) is 0 Å². The van der Waals surface area contributed by atoms with Crippen molar-refractivity contribution >= 4 is 6.08 Å². The molecule has 0 N–H and O–H groups in total. The van der Waals surface area contributed by atoms with Crippen LogP contribution in [0.2, 0.25) is 0 Å². The van der Waals surface area contributed by atoms with E-state index in [2.05, 4.69) is 34.3 Å². The number of aryl methyl sites for hydroxylation is 1. The summed E-state index contributed by atoms with van der Waals surface area (Å²) in [5.41, 5.74) is 2.29. The second kappa shape index (κ2) is 12.5. The summed E-state index contributed by atoms with van der Waals surface area (Å²) in [6.45, 7) is 0. The quantitative estimate of drug-likeness (QED) is 0.432. The normalized spacial score (nSPS) is 11.2. The Balaban J connectivity index is 1.36. The predicted molar refractivity (Wildman–Crippen MR) is 103 cm³/mol. The monoisotopic (exact) mass is 322 g/mol. The van der Waals surface area contributed by atoms with E-state index in [1.807, 2.05) is 36.7 Å². The zero-order chi connectivity index (χ0) is 16.7. The SMILES string of the molecule is C(=C\c1ccccn1)/CCCCCCCCCCc1ccccn1. The zero-order valence-corrected chi connectivity index (χ0v) is 14.7. The van der Waals surface area contributed by atoms with Crippen LogP contribution >= 0.6 is 0 Å². The summed E-state index contributed by atoms with van der Waals surface area (Å²) < 4.78 is 0. The molecule has 0 bridgehead atoms. The van der Waals surface area contributed by atoms with Gasteiger partial charge < -0.3 is 0 Å². The van der Waals surface area contributed by atoms with E-state index in [1.54, 1.807) is 0 Å². The molecule has 2 heterocycles. The molecule has 128 valence electrons. The summed E-state index contributed by atoms with van der Waals surface area (Å²) in [5, 5.41) is 0. The van der Waals surface area contributed by atoms with Crippen LogP contribution in [0.15, 0.2) is 54.9 Å². The van der Waals surface area contributed by atoms with Crippen LogP contribution in [0, 0.1) is 0 Å². The van der Waals surface area contributed by atoms with Gasteiger partial charge in [-0.15, -0.1) is 0 Å². The molecule has 24 heavy (non-hydrogen) atoms. The van der Waals surface area contributed by atoms with Gasteiger partial charge in [-0.3, -0.25) is 9.97 Å². The average molecular weight is 322 g/mol. The Morgan fingerprint density at radius 2 is 1.33 bits per heavy atom. The molecule has 0 spiro atoms. The Bertz CT molecular complexity index is 549. The van der Waals surface area contributed by atoms with E-state index in [4.69, 9.17) is 0 Å². The van der Waals surface area contributed by atoms with Crippen molar-refractivity contribution in [1.82, 2.24) is 9.97 Å². The molecular weight excluding hydrogens is 292 g/mol. The molecule has 2 aromatic rings. The maximum Gasteiger partial charge on any atom is 0.0626 e. The first-order chi connectivity index (χ1) is 11.9. The molecule has 0 aliphatic rings. The Labute approximate surface area is 147 Å². The summed E-state index contributed by atoms with van der Waals surface area (Å²) >= 11 is 0. The number of aromatic nitrogens is 2. The predicted octanol–water partition coefficient (Wildman–Crippen LogP) is 6.24. The third-order valence-electron chi connectivity index (χ3n) is 4.26. The third kappa shape index (κ3) is 8.61. The van der Waals surface area contributed by atoms with Crippen LogP contribution in [0.1, 0.15) is 69.2 Å². The summed E-state index contributed by atoms with van der Waals surface area (Å²) in [5.74, 6) is 0. The number of allylic oxidation sites excluding steroid dienone is 1. The van der Waals surface area contributed by atoms with Gasteiger partial charge in [0, 0.05) is 18.1 Å². The molecule has 0 radical (unpaired) electrons. The van der Waals surface area contributed by atoms with Crippen molar-refractivity contribution in [2.45, 2.75) is 64.2 Å². The topological polar surface area (TPSA) is 25.8 Å². The molecule has 2 rings (SSSR count). The molecule has 0 amide bonds. The second-order valence-corrected chi connectivity index (χ2v) is 6.35. The minimum Gasteiger partial charge on any atom is -0.261 e. The first-order valence-corrected chi connectivity index (χ1v) is 9.42. The minimum absolute atomic E-state index is 1.06. The molecular formula is C22H30N2. The van der Waals surface area contributed by atoms with Gasteiger partial charge in [0.1, 0.15) is 0 Å². The first kappa shape index (κ1) is 18.4. The van der Waals surface area contributed by atoms with Crippen LogP contribution in [-0.4, -0.2) is 9.97 Å². The number of rotatable bonds is 12. The Hall–Kier alpha value is -1.96. The van der Waals surface area contributed by atoms with E-state index < -0.39 is 0 Å². The van der Waals surface area contributed by atoms with E-state index in [0.717, 1.165) is 12.1 Å². The molecule has 0 saturated carbocycles. The fourth-order valence-electron chi connectivity index (χ4n) is 2.85. The van der Waals surface area contributed by atoms with Gasteiger partial charge in [0.2, 0.25) is 0 Å². The summed E-state index contributed by atoms with van der Waals surface area (Å²) in [6, 6.07) is 12.2. The van der Waals surface area contributed by atoms with Crippen LogP contribution in [0.25, 0.3) is 6.08 Å². The van der Waals surface area contributed by atoms with Crippen molar-refractivity contribution in [3.63, 3.8) is 0 Å². The smallest absolute Gasteiger partial charge is 0.0626 e. The largest absolute Gasteiger partial charge is 0.261 e. The minimum atomic E-state index is 1.06. The van der Waals surface area contributed by atoms with Crippen LogP contribution in [-0.2, 0) is 6.42 Å². The summed E-state index contributed by atoms with van der Waals surface area (Å²) in [6.07, 6.45) is 21.2. The van der Waals surface area contributed by atoms with Gasteiger partial charge >= 0.3 is 0 Å². The van der Waals surface area contributed by atoms with E-state index in [9.17, 15) is 0 Å². The van der Waals surface area contributed by atoms with Gasteiger partial charge in [0.15, 0.2) is 0 Å². The third-order valence-corrected chi connectivity index (χ3v) is 4.26. The Morgan fingerprint density at radius 3 is 2.00 bits per heavy atom. The van der Waals surface area contributed by atoms with Crippen molar-refractivity contribution in [3.8, 4) is 0 Å². The molecule has 0 aliphatic carbocycles. The summed E-state index contributed by atoms with van der Waals surface area (Å²) in [4.78, 5) is 8.66. The standard InChI is InChI=1S/C22H30N2/c1(3-5-7-9-15-21-17-11-13-19-23-21)2-4-6-8-10-16-22-18-12-14-20-24-22/h9,11-15,17-20H,1-8,10,16H2/b15-9+. The highest BCUT2D eigenvalue weighted by atomic mass is 14.7. The van der Waals surface area contributed by atoms with E-state index in [1.165, 1.54) is 63.5 Å². The summed E-state index contributed by atoms with van der Waals surface area (Å²) in [7, 11) is 0. The number of nitrogens with zero attached hydrogens (tertiary/aromatic N) is 2. The molecule has 0 fully saturated rings. The molecule has 0 aliphatic heterocycles. The number of unbranched alkanes of at least 4 members (excludes halogenated alkanes) is 8. The highest BCUT2D eigenvalue weighted by Crippen LogP contribution is 2.11. The molecule has 2 aromatic heterocycles. The number of pyridine rings is 2.